The Labute approximate surface area is 282 Å². The van der Waals surface area contributed by atoms with Crippen LogP contribution in [0.4, 0.5) is 0 Å². The van der Waals surface area contributed by atoms with Crippen LogP contribution in [0.5, 0.6) is 0 Å². The van der Waals surface area contributed by atoms with Crippen LogP contribution in [-0.4, -0.2) is 13.5 Å². The van der Waals surface area contributed by atoms with Gasteiger partial charge < -0.3 is 13.5 Å². The average molecular weight is 624 g/mol. The SMILES string of the molecule is c1ccc(-n2c3ccccc3c3cc(-c4ccc5c(c4)c4c(c6ccccc6c6cc7ccccc7n64)n5-c4ccccc4)ccc32)cc1. The Balaban J connectivity index is 1.26. The van der Waals surface area contributed by atoms with Crippen LogP contribution in [0, 0.1) is 0 Å². The third kappa shape index (κ3) is 3.67. The second-order valence-electron chi connectivity index (χ2n) is 13.0. The molecule has 0 aliphatic carbocycles. The molecular weight excluding hydrogens is 595 g/mol. The molecule has 228 valence electrons. The van der Waals surface area contributed by atoms with E-state index in [1.807, 2.05) is 0 Å². The number of aromatic nitrogens is 3. The number of benzene rings is 7. The molecule has 0 spiro atoms. The van der Waals surface area contributed by atoms with Gasteiger partial charge in [0.1, 0.15) is 0 Å². The molecule has 0 aliphatic heterocycles. The summed E-state index contributed by atoms with van der Waals surface area (Å²) in [7, 11) is 0. The largest absolute Gasteiger partial charge is 0.309 e. The summed E-state index contributed by atoms with van der Waals surface area (Å²) in [6.45, 7) is 0. The van der Waals surface area contributed by atoms with E-state index in [1.165, 1.54) is 87.7 Å². The van der Waals surface area contributed by atoms with Gasteiger partial charge in [0, 0.05) is 43.7 Å². The highest BCUT2D eigenvalue weighted by Gasteiger charge is 2.21. The Bertz CT molecular complexity index is 3090. The summed E-state index contributed by atoms with van der Waals surface area (Å²) in [5, 5.41) is 7.51. The van der Waals surface area contributed by atoms with Crippen molar-refractivity contribution in [3.8, 4) is 22.5 Å². The minimum Gasteiger partial charge on any atom is -0.309 e. The van der Waals surface area contributed by atoms with Gasteiger partial charge >= 0.3 is 0 Å². The van der Waals surface area contributed by atoms with E-state index in [0.717, 1.165) is 5.69 Å². The molecule has 0 radical (unpaired) electrons. The lowest BCUT2D eigenvalue weighted by molar-refractivity contribution is 1.18. The van der Waals surface area contributed by atoms with Gasteiger partial charge in [-0.1, -0.05) is 109 Å². The summed E-state index contributed by atoms with van der Waals surface area (Å²) < 4.78 is 7.33. The van der Waals surface area contributed by atoms with Gasteiger partial charge in [-0.15, -0.1) is 0 Å². The summed E-state index contributed by atoms with van der Waals surface area (Å²) in [5.74, 6) is 0. The van der Waals surface area contributed by atoms with Gasteiger partial charge in [0.15, 0.2) is 0 Å². The number of fused-ring (bicyclic) bond motifs is 13. The number of rotatable bonds is 3. The van der Waals surface area contributed by atoms with E-state index in [2.05, 4.69) is 189 Å². The van der Waals surface area contributed by atoms with Crippen LogP contribution in [0.2, 0.25) is 0 Å². The van der Waals surface area contributed by atoms with Crippen LogP contribution in [0.15, 0.2) is 176 Å². The van der Waals surface area contributed by atoms with Crippen LogP contribution in [-0.2, 0) is 0 Å². The van der Waals surface area contributed by atoms with Gasteiger partial charge in [0.2, 0.25) is 0 Å². The van der Waals surface area contributed by atoms with Crippen molar-refractivity contribution in [1.82, 2.24) is 13.5 Å². The van der Waals surface area contributed by atoms with Crippen molar-refractivity contribution in [3.63, 3.8) is 0 Å². The summed E-state index contributed by atoms with van der Waals surface area (Å²) in [4.78, 5) is 0. The van der Waals surface area contributed by atoms with Crippen molar-refractivity contribution >= 4 is 70.9 Å². The molecule has 0 saturated heterocycles. The maximum atomic E-state index is 2.50. The molecule has 0 fully saturated rings. The van der Waals surface area contributed by atoms with Crippen molar-refractivity contribution in [2.24, 2.45) is 0 Å². The minimum atomic E-state index is 1.16. The molecule has 0 atom stereocenters. The zero-order chi connectivity index (χ0) is 32.1. The minimum absolute atomic E-state index is 1.16. The summed E-state index contributed by atoms with van der Waals surface area (Å²) >= 11 is 0. The zero-order valence-corrected chi connectivity index (χ0v) is 26.6. The molecule has 0 aliphatic rings. The van der Waals surface area contributed by atoms with Crippen molar-refractivity contribution < 1.29 is 0 Å². The quantitative estimate of drug-likeness (QED) is 0.186. The molecule has 0 saturated carbocycles. The maximum absolute atomic E-state index is 2.50. The predicted octanol–water partition coefficient (Wildman–Crippen LogP) is 12.1. The van der Waals surface area contributed by atoms with Crippen LogP contribution >= 0.6 is 0 Å². The lowest BCUT2D eigenvalue weighted by Gasteiger charge is -2.11. The standard InChI is InChI=1S/C46H29N3/c1-3-14-33(15-4-1)47-41-22-12-10-19-36(41)38-27-30(23-25-42(38)47)31-24-26-43-39(28-31)46-45(48(43)34-16-5-2-6-17-34)37-20-9-8-18-35(37)44-29-32-13-7-11-21-40(32)49(44)46/h1-29H. The first-order valence-electron chi connectivity index (χ1n) is 16.9. The van der Waals surface area contributed by atoms with Gasteiger partial charge in [0.05, 0.1) is 38.6 Å². The number of hydrogen-bond donors (Lipinski definition) is 0. The lowest BCUT2D eigenvalue weighted by atomic mass is 10.0. The number of pyridine rings is 1. The molecule has 7 aromatic carbocycles. The first-order chi connectivity index (χ1) is 24.3. The molecule has 11 aromatic rings. The Morgan fingerprint density at radius 3 is 1.51 bits per heavy atom. The van der Waals surface area contributed by atoms with Crippen molar-refractivity contribution in [2.75, 3.05) is 0 Å². The normalized spacial score (nSPS) is 12.1. The van der Waals surface area contributed by atoms with Gasteiger partial charge in [-0.3, -0.25) is 0 Å². The van der Waals surface area contributed by atoms with Gasteiger partial charge in [-0.25, -0.2) is 0 Å². The van der Waals surface area contributed by atoms with Crippen molar-refractivity contribution in [2.45, 2.75) is 0 Å². The first-order valence-corrected chi connectivity index (χ1v) is 16.9. The van der Waals surface area contributed by atoms with E-state index in [0.29, 0.717) is 0 Å². The third-order valence-corrected chi connectivity index (χ3v) is 10.4. The highest BCUT2D eigenvalue weighted by Crippen LogP contribution is 2.42. The van der Waals surface area contributed by atoms with E-state index >= 15 is 0 Å². The molecule has 0 amide bonds. The fraction of sp³-hybridized carbons (Fsp3) is 0. The Hall–Kier alpha value is -6.58. The summed E-state index contributed by atoms with van der Waals surface area (Å²) in [6, 6.07) is 64.2. The number of para-hydroxylation sites is 4. The van der Waals surface area contributed by atoms with E-state index < -0.39 is 0 Å². The Morgan fingerprint density at radius 1 is 0.286 bits per heavy atom. The molecular formula is C46H29N3. The van der Waals surface area contributed by atoms with Gasteiger partial charge in [0.25, 0.3) is 0 Å². The van der Waals surface area contributed by atoms with Crippen LogP contribution < -0.4 is 0 Å². The predicted molar refractivity (Wildman–Crippen MR) is 207 cm³/mol. The monoisotopic (exact) mass is 623 g/mol. The van der Waals surface area contributed by atoms with E-state index in [9.17, 15) is 0 Å². The Kier molecular flexibility index (Phi) is 5.38. The fourth-order valence-corrected chi connectivity index (χ4v) is 8.29. The van der Waals surface area contributed by atoms with E-state index in [4.69, 9.17) is 0 Å². The van der Waals surface area contributed by atoms with Gasteiger partial charge in [-0.2, -0.15) is 0 Å². The second-order valence-corrected chi connectivity index (χ2v) is 13.0. The Morgan fingerprint density at radius 2 is 0.796 bits per heavy atom. The van der Waals surface area contributed by atoms with Crippen molar-refractivity contribution in [1.29, 1.82) is 0 Å². The van der Waals surface area contributed by atoms with E-state index in [1.54, 1.807) is 0 Å². The van der Waals surface area contributed by atoms with Crippen molar-refractivity contribution in [3.05, 3.63) is 176 Å². The average Bonchev–Trinajstić information content (AvgIpc) is 3.83. The third-order valence-electron chi connectivity index (χ3n) is 10.4. The molecule has 0 N–H and O–H groups in total. The molecule has 49 heavy (non-hydrogen) atoms. The first kappa shape index (κ1) is 26.5. The number of hydrogen-bond acceptors (Lipinski definition) is 0. The summed E-state index contributed by atoms with van der Waals surface area (Å²) in [5.41, 5.74) is 13.3. The zero-order valence-electron chi connectivity index (χ0n) is 26.6. The molecule has 3 heteroatoms. The fourth-order valence-electron chi connectivity index (χ4n) is 8.29. The molecule has 0 unspecified atom stereocenters. The van der Waals surface area contributed by atoms with Gasteiger partial charge in [-0.05, 0) is 77.9 Å². The molecule has 0 bridgehead atoms. The topological polar surface area (TPSA) is 14.3 Å². The smallest absolute Gasteiger partial charge is 0.0803 e. The highest BCUT2D eigenvalue weighted by molar-refractivity contribution is 6.23. The van der Waals surface area contributed by atoms with Crippen LogP contribution in [0.25, 0.3) is 93.4 Å². The lowest BCUT2D eigenvalue weighted by Crippen LogP contribution is -1.96. The van der Waals surface area contributed by atoms with Crippen LogP contribution in [0.1, 0.15) is 0 Å². The van der Waals surface area contributed by atoms with Crippen LogP contribution in [0.3, 0.4) is 0 Å². The van der Waals surface area contributed by atoms with E-state index in [-0.39, 0.29) is 0 Å². The number of nitrogens with zero attached hydrogens (tertiary/aromatic N) is 3. The molecule has 11 rings (SSSR count). The summed E-state index contributed by atoms with van der Waals surface area (Å²) in [6.07, 6.45) is 0. The maximum Gasteiger partial charge on any atom is 0.0803 e. The molecule has 4 aromatic heterocycles. The molecule has 4 heterocycles. The highest BCUT2D eigenvalue weighted by atomic mass is 15.0. The molecule has 3 nitrogen and oxygen atoms in total. The second kappa shape index (κ2) is 9.96.